The Morgan fingerprint density at radius 1 is 1.15 bits per heavy atom. The van der Waals surface area contributed by atoms with Crippen molar-refractivity contribution in [3.05, 3.63) is 58.6 Å². The molecule has 0 atom stereocenters. The van der Waals surface area contributed by atoms with E-state index in [1.54, 1.807) is 12.1 Å². The molecule has 0 bridgehead atoms. The molecule has 8 heteroatoms. The largest absolute Gasteiger partial charge is 0.457 e. The number of carbonyl (C=O) groups is 1. The van der Waals surface area contributed by atoms with Gasteiger partial charge in [0.2, 0.25) is 10.0 Å². The normalized spacial score (nSPS) is 11.6. The molecular formula is C18H18N2O4S2. The van der Waals surface area contributed by atoms with Gasteiger partial charge in [0.05, 0.1) is 15.1 Å². The average Bonchev–Trinajstić information content (AvgIpc) is 3.03. The molecule has 0 unspecified atom stereocenters. The first-order valence-corrected chi connectivity index (χ1v) is 10.2. The number of aryl methyl sites for hydroxylation is 2. The van der Waals surface area contributed by atoms with Crippen LogP contribution >= 0.6 is 11.3 Å². The van der Waals surface area contributed by atoms with Crippen LogP contribution in [0.5, 0.6) is 0 Å². The number of nitrogens with one attached hydrogen (secondary N) is 1. The van der Waals surface area contributed by atoms with Gasteiger partial charge < -0.3 is 4.74 Å². The Morgan fingerprint density at radius 2 is 1.92 bits per heavy atom. The van der Waals surface area contributed by atoms with E-state index in [2.05, 4.69) is 9.71 Å². The number of esters is 1. The monoisotopic (exact) mass is 390 g/mol. The van der Waals surface area contributed by atoms with Crippen molar-refractivity contribution in [3.8, 4) is 0 Å². The third-order valence-electron chi connectivity index (χ3n) is 3.89. The van der Waals surface area contributed by atoms with E-state index in [0.29, 0.717) is 5.01 Å². The summed E-state index contributed by atoms with van der Waals surface area (Å²) in [7, 11) is -3.76. The number of aromatic nitrogens is 1. The molecule has 136 valence electrons. The van der Waals surface area contributed by atoms with Gasteiger partial charge in [-0.25, -0.2) is 13.4 Å². The van der Waals surface area contributed by atoms with Crippen molar-refractivity contribution in [2.24, 2.45) is 0 Å². The molecule has 0 aliphatic heterocycles. The third kappa shape index (κ3) is 4.27. The zero-order valence-corrected chi connectivity index (χ0v) is 16.0. The van der Waals surface area contributed by atoms with Crippen LogP contribution in [0, 0.1) is 13.8 Å². The fourth-order valence-corrected chi connectivity index (χ4v) is 4.23. The maximum absolute atomic E-state index is 12.3. The predicted molar refractivity (Wildman–Crippen MR) is 101 cm³/mol. The molecule has 3 aromatic rings. The predicted octanol–water partition coefficient (Wildman–Crippen LogP) is 2.93. The van der Waals surface area contributed by atoms with Gasteiger partial charge in [0.15, 0.2) is 0 Å². The molecule has 0 fully saturated rings. The fraction of sp³-hybridized carbons (Fsp3) is 0.222. The van der Waals surface area contributed by atoms with E-state index < -0.39 is 22.5 Å². The van der Waals surface area contributed by atoms with E-state index in [1.165, 1.54) is 17.4 Å². The number of thiazole rings is 1. The van der Waals surface area contributed by atoms with E-state index in [1.807, 2.05) is 38.1 Å². The second-order valence-corrected chi connectivity index (χ2v) is 8.69. The van der Waals surface area contributed by atoms with Crippen molar-refractivity contribution in [1.29, 1.82) is 0 Å². The first-order chi connectivity index (χ1) is 12.3. The highest BCUT2D eigenvalue weighted by atomic mass is 32.2. The summed E-state index contributed by atoms with van der Waals surface area (Å²) in [6.45, 7) is 3.32. The summed E-state index contributed by atoms with van der Waals surface area (Å²) >= 11 is 1.44. The fourth-order valence-electron chi connectivity index (χ4n) is 2.29. The van der Waals surface area contributed by atoms with Crippen LogP contribution in [0.25, 0.3) is 10.2 Å². The first-order valence-electron chi connectivity index (χ1n) is 7.92. The molecule has 1 aromatic heterocycles. The Labute approximate surface area is 155 Å². The van der Waals surface area contributed by atoms with Gasteiger partial charge in [0.25, 0.3) is 0 Å². The van der Waals surface area contributed by atoms with Crippen LogP contribution in [0.3, 0.4) is 0 Å². The van der Waals surface area contributed by atoms with Crippen LogP contribution in [0.1, 0.15) is 16.1 Å². The van der Waals surface area contributed by atoms with Crippen molar-refractivity contribution in [3.63, 3.8) is 0 Å². The van der Waals surface area contributed by atoms with E-state index in [9.17, 15) is 13.2 Å². The molecule has 0 radical (unpaired) electrons. The van der Waals surface area contributed by atoms with Crippen LogP contribution in [0.15, 0.2) is 47.4 Å². The minimum absolute atomic E-state index is 0.0174. The van der Waals surface area contributed by atoms with E-state index >= 15 is 0 Å². The second-order valence-electron chi connectivity index (χ2n) is 5.81. The summed E-state index contributed by atoms with van der Waals surface area (Å²) < 4.78 is 32.9. The quantitative estimate of drug-likeness (QED) is 0.654. The molecule has 2 aromatic carbocycles. The number of para-hydroxylation sites is 1. The first kappa shape index (κ1) is 18.5. The van der Waals surface area contributed by atoms with Gasteiger partial charge in [0.1, 0.15) is 18.2 Å². The molecule has 0 aliphatic rings. The van der Waals surface area contributed by atoms with Crippen molar-refractivity contribution in [2.45, 2.75) is 25.3 Å². The zero-order valence-electron chi connectivity index (χ0n) is 14.4. The minimum Gasteiger partial charge on any atom is -0.457 e. The van der Waals surface area contributed by atoms with Gasteiger partial charge in [-0.05, 0) is 49.2 Å². The van der Waals surface area contributed by atoms with Crippen LogP contribution in [0.2, 0.25) is 0 Å². The molecule has 0 amide bonds. The standard InChI is InChI=1S/C18H18N2O4S2/c1-12-7-8-14(9-13(12)2)26(22,23)19-10-18(21)24-11-17-20-15-5-3-4-6-16(15)25-17/h3-9,19H,10-11H2,1-2H3. The Hall–Kier alpha value is -2.29. The van der Waals surface area contributed by atoms with E-state index in [0.717, 1.165) is 21.3 Å². The lowest BCUT2D eigenvalue weighted by Gasteiger charge is -2.08. The number of hydrogen-bond acceptors (Lipinski definition) is 6. The number of rotatable bonds is 6. The Morgan fingerprint density at radius 3 is 2.65 bits per heavy atom. The molecule has 0 aliphatic carbocycles. The maximum atomic E-state index is 12.3. The summed E-state index contributed by atoms with van der Waals surface area (Å²) in [6, 6.07) is 12.4. The smallest absolute Gasteiger partial charge is 0.321 e. The van der Waals surface area contributed by atoms with Gasteiger partial charge in [-0.3, -0.25) is 4.79 Å². The molecule has 1 heterocycles. The summed E-state index contributed by atoms with van der Waals surface area (Å²) in [5.74, 6) is -0.656. The second kappa shape index (κ2) is 7.53. The minimum atomic E-state index is -3.76. The summed E-state index contributed by atoms with van der Waals surface area (Å²) in [5.41, 5.74) is 2.71. The van der Waals surface area contributed by atoms with Crippen molar-refractivity contribution in [1.82, 2.24) is 9.71 Å². The lowest BCUT2D eigenvalue weighted by atomic mass is 10.1. The number of fused-ring (bicyclic) bond motifs is 1. The Balaban J connectivity index is 1.56. The van der Waals surface area contributed by atoms with Crippen molar-refractivity contribution in [2.75, 3.05) is 6.54 Å². The average molecular weight is 390 g/mol. The lowest BCUT2D eigenvalue weighted by Crippen LogP contribution is -2.30. The van der Waals surface area contributed by atoms with Gasteiger partial charge in [-0.2, -0.15) is 4.72 Å². The van der Waals surface area contributed by atoms with Gasteiger partial charge >= 0.3 is 5.97 Å². The Bertz CT molecular complexity index is 1020. The number of hydrogen-bond donors (Lipinski definition) is 1. The number of benzene rings is 2. The van der Waals surface area contributed by atoms with Crippen molar-refractivity contribution >= 4 is 37.5 Å². The van der Waals surface area contributed by atoms with Crippen molar-refractivity contribution < 1.29 is 17.9 Å². The number of nitrogens with zero attached hydrogens (tertiary/aromatic N) is 1. The van der Waals surface area contributed by atoms with E-state index in [-0.39, 0.29) is 11.5 Å². The molecule has 6 nitrogen and oxygen atoms in total. The van der Waals surface area contributed by atoms with Crippen LogP contribution in [-0.4, -0.2) is 25.9 Å². The molecule has 0 saturated carbocycles. The number of sulfonamides is 1. The summed E-state index contributed by atoms with van der Waals surface area (Å²) in [6.07, 6.45) is 0. The highest BCUT2D eigenvalue weighted by Crippen LogP contribution is 2.22. The molecule has 26 heavy (non-hydrogen) atoms. The topological polar surface area (TPSA) is 85.4 Å². The SMILES string of the molecule is Cc1ccc(S(=O)(=O)NCC(=O)OCc2nc3ccccc3s2)cc1C. The lowest BCUT2D eigenvalue weighted by molar-refractivity contribution is -0.143. The molecular weight excluding hydrogens is 372 g/mol. The Kier molecular flexibility index (Phi) is 5.36. The number of ether oxygens (including phenoxy) is 1. The van der Waals surface area contributed by atoms with E-state index in [4.69, 9.17) is 4.74 Å². The van der Waals surface area contributed by atoms with Gasteiger partial charge in [-0.15, -0.1) is 11.3 Å². The molecule has 0 spiro atoms. The summed E-state index contributed by atoms with van der Waals surface area (Å²) in [4.78, 5) is 16.3. The van der Waals surface area contributed by atoms with Crippen LogP contribution in [0.4, 0.5) is 0 Å². The zero-order chi connectivity index (χ0) is 18.7. The van der Waals surface area contributed by atoms with Crippen LogP contribution < -0.4 is 4.72 Å². The highest BCUT2D eigenvalue weighted by Gasteiger charge is 2.17. The number of carbonyl (C=O) groups excluding carboxylic acids is 1. The molecule has 0 saturated heterocycles. The highest BCUT2D eigenvalue weighted by molar-refractivity contribution is 7.89. The van der Waals surface area contributed by atoms with Gasteiger partial charge in [0, 0.05) is 0 Å². The molecule has 1 N–H and O–H groups in total. The summed E-state index contributed by atoms with van der Waals surface area (Å²) in [5, 5.41) is 0.663. The maximum Gasteiger partial charge on any atom is 0.321 e. The van der Waals surface area contributed by atoms with Gasteiger partial charge in [-0.1, -0.05) is 18.2 Å². The third-order valence-corrected chi connectivity index (χ3v) is 6.30. The van der Waals surface area contributed by atoms with Crippen LogP contribution in [-0.2, 0) is 26.2 Å². The molecule has 3 rings (SSSR count).